The maximum absolute atomic E-state index is 9.68. The van der Waals surface area contributed by atoms with Gasteiger partial charge in [0.1, 0.15) is 0 Å². The van der Waals surface area contributed by atoms with Crippen molar-refractivity contribution < 1.29 is 9.84 Å². The molecule has 2 fully saturated rings. The molecule has 1 aliphatic carbocycles. The molecule has 0 bridgehead atoms. The topological polar surface area (TPSA) is 32.8 Å². The van der Waals surface area contributed by atoms with Gasteiger partial charge >= 0.3 is 0 Å². The molecule has 0 aromatic rings. The van der Waals surface area contributed by atoms with Crippen LogP contribution in [0.2, 0.25) is 0 Å². The SMILES string of the molecule is CC1CCC(C2(C)CO2)CC1O. The van der Waals surface area contributed by atoms with E-state index >= 15 is 0 Å². The zero-order valence-electron chi connectivity index (χ0n) is 7.92. The second-order valence-corrected chi connectivity index (χ2v) is 4.66. The molecule has 1 saturated heterocycles. The number of aliphatic hydroxyl groups is 1. The molecule has 4 atom stereocenters. The summed E-state index contributed by atoms with van der Waals surface area (Å²) >= 11 is 0. The fourth-order valence-corrected chi connectivity index (χ4v) is 2.20. The van der Waals surface area contributed by atoms with E-state index in [2.05, 4.69) is 13.8 Å². The van der Waals surface area contributed by atoms with Crippen LogP contribution in [-0.2, 0) is 4.74 Å². The second kappa shape index (κ2) is 2.71. The van der Waals surface area contributed by atoms with Gasteiger partial charge in [-0.3, -0.25) is 0 Å². The monoisotopic (exact) mass is 170 g/mol. The number of rotatable bonds is 1. The highest BCUT2D eigenvalue weighted by Crippen LogP contribution is 2.44. The standard InChI is InChI=1S/C10H18O2/c1-7-3-4-8(5-9(7)11)10(2)6-12-10/h7-9,11H,3-6H2,1-2H3. The third kappa shape index (κ3) is 1.38. The van der Waals surface area contributed by atoms with Crippen molar-refractivity contribution in [3.8, 4) is 0 Å². The fraction of sp³-hybridized carbons (Fsp3) is 1.00. The average molecular weight is 170 g/mol. The van der Waals surface area contributed by atoms with Crippen LogP contribution < -0.4 is 0 Å². The van der Waals surface area contributed by atoms with Crippen LogP contribution >= 0.6 is 0 Å². The van der Waals surface area contributed by atoms with Gasteiger partial charge in [0, 0.05) is 0 Å². The van der Waals surface area contributed by atoms with Crippen LogP contribution in [0, 0.1) is 11.8 Å². The van der Waals surface area contributed by atoms with Crippen LogP contribution in [0.25, 0.3) is 0 Å². The van der Waals surface area contributed by atoms with E-state index in [9.17, 15) is 5.11 Å². The van der Waals surface area contributed by atoms with Crippen LogP contribution in [0.1, 0.15) is 33.1 Å². The van der Waals surface area contributed by atoms with Gasteiger partial charge in [0.15, 0.2) is 0 Å². The van der Waals surface area contributed by atoms with Crippen LogP contribution in [0.3, 0.4) is 0 Å². The summed E-state index contributed by atoms with van der Waals surface area (Å²) in [5, 5.41) is 9.68. The molecule has 2 aliphatic rings. The van der Waals surface area contributed by atoms with Gasteiger partial charge in [0.2, 0.25) is 0 Å². The quantitative estimate of drug-likeness (QED) is 0.606. The highest BCUT2D eigenvalue weighted by atomic mass is 16.6. The Kier molecular flexibility index (Phi) is 1.92. The van der Waals surface area contributed by atoms with E-state index in [1.165, 1.54) is 6.42 Å². The Bertz CT molecular complexity index is 175. The molecule has 1 N–H and O–H groups in total. The molecule has 1 heterocycles. The summed E-state index contributed by atoms with van der Waals surface area (Å²) in [4.78, 5) is 0. The number of hydrogen-bond donors (Lipinski definition) is 1. The Hall–Kier alpha value is -0.0800. The molecule has 12 heavy (non-hydrogen) atoms. The Morgan fingerprint density at radius 2 is 2.08 bits per heavy atom. The van der Waals surface area contributed by atoms with Gasteiger partial charge in [-0.1, -0.05) is 6.92 Å². The number of epoxide rings is 1. The van der Waals surface area contributed by atoms with Crippen molar-refractivity contribution in [3.05, 3.63) is 0 Å². The summed E-state index contributed by atoms with van der Waals surface area (Å²) in [5.74, 6) is 1.09. The van der Waals surface area contributed by atoms with Crippen molar-refractivity contribution in [2.75, 3.05) is 6.61 Å². The van der Waals surface area contributed by atoms with E-state index in [4.69, 9.17) is 4.74 Å². The summed E-state index contributed by atoms with van der Waals surface area (Å²) in [6, 6.07) is 0. The summed E-state index contributed by atoms with van der Waals surface area (Å²) in [5.41, 5.74) is 0.126. The van der Waals surface area contributed by atoms with Gasteiger partial charge in [0.25, 0.3) is 0 Å². The number of aliphatic hydroxyl groups excluding tert-OH is 1. The molecule has 2 heteroatoms. The first-order chi connectivity index (χ1) is 5.62. The van der Waals surface area contributed by atoms with Gasteiger partial charge in [-0.25, -0.2) is 0 Å². The molecule has 70 valence electrons. The highest BCUT2D eigenvalue weighted by molar-refractivity contribution is 4.97. The predicted octanol–water partition coefficient (Wildman–Crippen LogP) is 1.57. The van der Waals surface area contributed by atoms with Crippen molar-refractivity contribution in [3.63, 3.8) is 0 Å². The van der Waals surface area contributed by atoms with Crippen molar-refractivity contribution >= 4 is 0 Å². The summed E-state index contributed by atoms with van der Waals surface area (Å²) in [6.45, 7) is 5.20. The largest absolute Gasteiger partial charge is 0.393 e. The Balaban J connectivity index is 1.94. The maximum atomic E-state index is 9.68. The minimum absolute atomic E-state index is 0.0928. The number of ether oxygens (including phenoxy) is 1. The first-order valence-electron chi connectivity index (χ1n) is 4.94. The predicted molar refractivity (Wildman–Crippen MR) is 46.9 cm³/mol. The third-order valence-electron chi connectivity index (χ3n) is 3.62. The molecule has 0 aromatic carbocycles. The molecule has 1 aliphatic heterocycles. The molecule has 2 nitrogen and oxygen atoms in total. The van der Waals surface area contributed by atoms with Crippen LogP contribution in [0.5, 0.6) is 0 Å². The van der Waals surface area contributed by atoms with Gasteiger partial charge in [0.05, 0.1) is 18.3 Å². The molecular weight excluding hydrogens is 152 g/mol. The molecule has 0 amide bonds. The molecule has 1 saturated carbocycles. The summed E-state index contributed by atoms with van der Waals surface area (Å²) in [7, 11) is 0. The van der Waals surface area contributed by atoms with E-state index in [1.807, 2.05) is 0 Å². The van der Waals surface area contributed by atoms with Crippen molar-refractivity contribution in [1.29, 1.82) is 0 Å². The van der Waals surface area contributed by atoms with Gasteiger partial charge in [-0.15, -0.1) is 0 Å². The zero-order valence-corrected chi connectivity index (χ0v) is 7.92. The second-order valence-electron chi connectivity index (χ2n) is 4.66. The van der Waals surface area contributed by atoms with Crippen LogP contribution in [-0.4, -0.2) is 23.4 Å². The van der Waals surface area contributed by atoms with E-state index < -0.39 is 0 Å². The lowest BCUT2D eigenvalue weighted by Crippen LogP contribution is -2.34. The van der Waals surface area contributed by atoms with E-state index in [0.29, 0.717) is 11.8 Å². The van der Waals surface area contributed by atoms with Gasteiger partial charge < -0.3 is 9.84 Å². The molecule has 4 unspecified atom stereocenters. The molecular formula is C10H18O2. The lowest BCUT2D eigenvalue weighted by Gasteiger charge is -2.33. The molecule has 2 rings (SSSR count). The Labute approximate surface area is 73.9 Å². The fourth-order valence-electron chi connectivity index (χ4n) is 2.20. The average Bonchev–Trinajstić information content (AvgIpc) is 2.75. The lowest BCUT2D eigenvalue weighted by molar-refractivity contribution is 0.0303. The highest BCUT2D eigenvalue weighted by Gasteiger charge is 2.48. The normalized spacial score (nSPS) is 53.8. The van der Waals surface area contributed by atoms with Crippen molar-refractivity contribution in [1.82, 2.24) is 0 Å². The van der Waals surface area contributed by atoms with Gasteiger partial charge in [-0.05, 0) is 38.0 Å². The minimum Gasteiger partial charge on any atom is -0.393 e. The minimum atomic E-state index is -0.0928. The van der Waals surface area contributed by atoms with E-state index in [0.717, 1.165) is 19.4 Å². The third-order valence-corrected chi connectivity index (χ3v) is 3.62. The molecule has 0 spiro atoms. The van der Waals surface area contributed by atoms with Crippen molar-refractivity contribution in [2.24, 2.45) is 11.8 Å². The summed E-state index contributed by atoms with van der Waals surface area (Å²) < 4.78 is 5.41. The Morgan fingerprint density at radius 3 is 2.58 bits per heavy atom. The molecule has 0 radical (unpaired) electrons. The first-order valence-corrected chi connectivity index (χ1v) is 4.94. The first kappa shape index (κ1) is 8.52. The van der Waals surface area contributed by atoms with Crippen molar-refractivity contribution in [2.45, 2.75) is 44.8 Å². The van der Waals surface area contributed by atoms with E-state index in [-0.39, 0.29) is 11.7 Å². The van der Waals surface area contributed by atoms with Gasteiger partial charge in [-0.2, -0.15) is 0 Å². The lowest BCUT2D eigenvalue weighted by atomic mass is 9.75. The zero-order chi connectivity index (χ0) is 8.77. The smallest absolute Gasteiger partial charge is 0.0917 e. The maximum Gasteiger partial charge on any atom is 0.0917 e. The Morgan fingerprint density at radius 1 is 1.42 bits per heavy atom. The molecule has 0 aromatic heterocycles. The van der Waals surface area contributed by atoms with Crippen LogP contribution in [0.4, 0.5) is 0 Å². The number of hydrogen-bond acceptors (Lipinski definition) is 2. The summed E-state index contributed by atoms with van der Waals surface area (Å²) in [6.07, 6.45) is 3.24. The van der Waals surface area contributed by atoms with Crippen LogP contribution in [0.15, 0.2) is 0 Å². The van der Waals surface area contributed by atoms with E-state index in [1.54, 1.807) is 0 Å².